The molecule has 106 valence electrons. The van der Waals surface area contributed by atoms with Crippen molar-refractivity contribution in [2.45, 2.75) is 50.3 Å². The summed E-state index contributed by atoms with van der Waals surface area (Å²) in [7, 11) is 0. The van der Waals surface area contributed by atoms with Gasteiger partial charge in [0.05, 0.1) is 24.6 Å². The van der Waals surface area contributed by atoms with Gasteiger partial charge in [0.25, 0.3) is 0 Å². The van der Waals surface area contributed by atoms with Crippen molar-refractivity contribution in [3.8, 4) is 6.07 Å². The van der Waals surface area contributed by atoms with Gasteiger partial charge < -0.3 is 14.6 Å². The second-order valence-corrected chi connectivity index (χ2v) is 6.12. The summed E-state index contributed by atoms with van der Waals surface area (Å²) in [5.41, 5.74) is 0. The van der Waals surface area contributed by atoms with Crippen LogP contribution in [0.4, 0.5) is 4.79 Å². The van der Waals surface area contributed by atoms with Gasteiger partial charge in [-0.15, -0.1) is 0 Å². The number of carboxylic acid groups (broad SMARTS) is 1. The van der Waals surface area contributed by atoms with E-state index in [0.717, 1.165) is 0 Å². The lowest BCUT2D eigenvalue weighted by atomic mass is 10.1. The van der Waals surface area contributed by atoms with Crippen LogP contribution in [0.5, 0.6) is 0 Å². The molecule has 0 aromatic carbocycles. The zero-order valence-corrected chi connectivity index (χ0v) is 12.0. The average Bonchev–Trinajstić information content (AvgIpc) is 2.74. The number of amides is 1. The Labute approximate surface area is 116 Å². The molecule has 4 atom stereocenters. The molecular weight excluding hydrogens is 268 g/mol. The number of fused-ring (bicyclic) bond motifs is 1. The molecule has 4 unspecified atom stereocenters. The maximum absolute atomic E-state index is 11.5. The van der Waals surface area contributed by atoms with Crippen LogP contribution >= 0.6 is 11.8 Å². The number of nitriles is 1. The van der Waals surface area contributed by atoms with Gasteiger partial charge in [0.15, 0.2) is 5.79 Å². The minimum Gasteiger partial charge on any atom is -0.465 e. The third-order valence-electron chi connectivity index (χ3n) is 3.50. The van der Waals surface area contributed by atoms with Gasteiger partial charge in [-0.05, 0) is 20.1 Å². The Morgan fingerprint density at radius 2 is 2.00 bits per heavy atom. The fourth-order valence-corrected chi connectivity index (χ4v) is 3.60. The third kappa shape index (κ3) is 2.53. The summed E-state index contributed by atoms with van der Waals surface area (Å²) in [5.74, 6) is -0.0842. The van der Waals surface area contributed by atoms with E-state index in [4.69, 9.17) is 14.7 Å². The monoisotopic (exact) mass is 286 g/mol. The minimum atomic E-state index is -1.02. The van der Waals surface area contributed by atoms with Crippen LogP contribution in [0.15, 0.2) is 0 Å². The molecule has 6 nitrogen and oxygen atoms in total. The number of thioether (sulfide) groups is 1. The maximum atomic E-state index is 11.5. The zero-order chi connectivity index (χ0) is 14.2. The molecule has 1 N–H and O–H groups in total. The highest BCUT2D eigenvalue weighted by atomic mass is 32.2. The van der Waals surface area contributed by atoms with Gasteiger partial charge in [-0.25, -0.2) is 4.79 Å². The Morgan fingerprint density at radius 3 is 2.47 bits per heavy atom. The summed E-state index contributed by atoms with van der Waals surface area (Å²) >= 11 is 1.57. The largest absolute Gasteiger partial charge is 0.465 e. The van der Waals surface area contributed by atoms with E-state index in [-0.39, 0.29) is 24.7 Å². The number of likely N-dealkylation sites (tertiary alicyclic amines) is 1. The first-order valence-electron chi connectivity index (χ1n) is 6.14. The molecule has 2 aliphatic rings. The Hall–Kier alpha value is -0.970. The summed E-state index contributed by atoms with van der Waals surface area (Å²) < 4.78 is 11.7. The van der Waals surface area contributed by atoms with Crippen molar-refractivity contribution in [3.63, 3.8) is 0 Å². The lowest BCUT2D eigenvalue weighted by molar-refractivity contribution is -0.164. The minimum absolute atomic E-state index is 0.123. The molecule has 2 rings (SSSR count). The Bertz CT molecular complexity index is 409. The smallest absolute Gasteiger partial charge is 0.408 e. The highest BCUT2D eigenvalue weighted by molar-refractivity contribution is 7.98. The molecule has 0 radical (unpaired) electrons. The molecule has 19 heavy (non-hydrogen) atoms. The second kappa shape index (κ2) is 5.19. The van der Waals surface area contributed by atoms with Crippen molar-refractivity contribution >= 4 is 17.9 Å². The Kier molecular flexibility index (Phi) is 3.95. The van der Waals surface area contributed by atoms with Gasteiger partial charge in [-0.3, -0.25) is 4.90 Å². The van der Waals surface area contributed by atoms with E-state index >= 15 is 0 Å². The normalized spacial score (nSPS) is 36.0. The summed E-state index contributed by atoms with van der Waals surface area (Å²) in [4.78, 5) is 12.8. The highest BCUT2D eigenvalue weighted by Gasteiger charge is 2.58. The van der Waals surface area contributed by atoms with E-state index in [1.165, 1.54) is 4.90 Å². The Balaban J connectivity index is 2.30. The van der Waals surface area contributed by atoms with E-state index < -0.39 is 17.9 Å². The van der Waals surface area contributed by atoms with Gasteiger partial charge in [0.1, 0.15) is 12.2 Å². The molecule has 2 aliphatic heterocycles. The SMILES string of the molecule is CSCC1C2OC(C)(C)OC2C(CC#N)N1C(=O)O. The van der Waals surface area contributed by atoms with Gasteiger partial charge in [0, 0.05) is 5.75 Å². The van der Waals surface area contributed by atoms with Crippen LogP contribution in [0.2, 0.25) is 0 Å². The summed E-state index contributed by atoms with van der Waals surface area (Å²) in [6.07, 6.45) is 0.379. The van der Waals surface area contributed by atoms with Crippen LogP contribution in [0.1, 0.15) is 20.3 Å². The number of nitrogens with zero attached hydrogens (tertiary/aromatic N) is 2. The van der Waals surface area contributed by atoms with Crippen LogP contribution in [-0.4, -0.2) is 58.2 Å². The van der Waals surface area contributed by atoms with E-state index in [9.17, 15) is 9.90 Å². The maximum Gasteiger partial charge on any atom is 0.408 e. The molecule has 2 saturated heterocycles. The predicted molar refractivity (Wildman–Crippen MR) is 69.9 cm³/mol. The molecule has 7 heteroatoms. The number of carbonyl (C=O) groups is 1. The fraction of sp³-hybridized carbons (Fsp3) is 0.833. The summed E-state index contributed by atoms with van der Waals surface area (Å²) in [5, 5.41) is 18.3. The number of hydrogen-bond acceptors (Lipinski definition) is 5. The van der Waals surface area contributed by atoms with Crippen LogP contribution in [-0.2, 0) is 9.47 Å². The predicted octanol–water partition coefficient (Wildman–Crippen LogP) is 1.51. The topological polar surface area (TPSA) is 82.8 Å². The van der Waals surface area contributed by atoms with E-state index in [1.807, 2.05) is 26.2 Å². The average molecular weight is 286 g/mol. The van der Waals surface area contributed by atoms with Crippen molar-refractivity contribution in [1.29, 1.82) is 5.26 Å². The molecular formula is C12H18N2O4S. The van der Waals surface area contributed by atoms with Crippen molar-refractivity contribution in [2.75, 3.05) is 12.0 Å². The van der Waals surface area contributed by atoms with Crippen molar-refractivity contribution in [1.82, 2.24) is 4.90 Å². The standard InChI is InChI=1S/C12H18N2O4S/c1-12(2)17-9-7(4-5-13)14(11(15)16)8(6-19-3)10(9)18-12/h7-10H,4,6H2,1-3H3,(H,15,16). The first-order chi connectivity index (χ1) is 8.91. The van der Waals surface area contributed by atoms with Crippen LogP contribution in [0.25, 0.3) is 0 Å². The fourth-order valence-electron chi connectivity index (χ4n) is 2.91. The highest BCUT2D eigenvalue weighted by Crippen LogP contribution is 2.42. The van der Waals surface area contributed by atoms with Crippen LogP contribution < -0.4 is 0 Å². The molecule has 0 aromatic heterocycles. The molecule has 0 bridgehead atoms. The second-order valence-electron chi connectivity index (χ2n) is 5.21. The van der Waals surface area contributed by atoms with E-state index in [0.29, 0.717) is 5.75 Å². The van der Waals surface area contributed by atoms with Crippen molar-refractivity contribution in [3.05, 3.63) is 0 Å². The van der Waals surface area contributed by atoms with Gasteiger partial charge in [0.2, 0.25) is 0 Å². The summed E-state index contributed by atoms with van der Waals surface area (Å²) in [6.45, 7) is 3.63. The van der Waals surface area contributed by atoms with Gasteiger partial charge >= 0.3 is 6.09 Å². The molecule has 0 saturated carbocycles. The van der Waals surface area contributed by atoms with E-state index in [1.54, 1.807) is 11.8 Å². The Morgan fingerprint density at radius 1 is 1.42 bits per heavy atom. The number of hydrogen-bond donors (Lipinski definition) is 1. The van der Waals surface area contributed by atoms with Crippen molar-refractivity contribution < 1.29 is 19.4 Å². The zero-order valence-electron chi connectivity index (χ0n) is 11.2. The third-order valence-corrected chi connectivity index (χ3v) is 4.17. The molecule has 2 heterocycles. The first-order valence-corrected chi connectivity index (χ1v) is 7.53. The molecule has 1 amide bonds. The van der Waals surface area contributed by atoms with Gasteiger partial charge in [-0.2, -0.15) is 17.0 Å². The summed E-state index contributed by atoms with van der Waals surface area (Å²) in [6, 6.07) is 1.33. The number of ether oxygens (including phenoxy) is 2. The van der Waals surface area contributed by atoms with Crippen LogP contribution in [0.3, 0.4) is 0 Å². The van der Waals surface area contributed by atoms with Crippen LogP contribution in [0, 0.1) is 11.3 Å². The quantitative estimate of drug-likeness (QED) is 0.847. The molecule has 2 fully saturated rings. The van der Waals surface area contributed by atoms with E-state index in [2.05, 4.69) is 0 Å². The molecule has 0 aromatic rings. The lowest BCUT2D eigenvalue weighted by Gasteiger charge is -2.31. The first kappa shape index (κ1) is 14.4. The van der Waals surface area contributed by atoms with Crippen molar-refractivity contribution in [2.24, 2.45) is 0 Å². The molecule has 0 aliphatic carbocycles. The lowest BCUT2D eigenvalue weighted by Crippen LogP contribution is -2.46. The number of rotatable bonds is 3. The molecule has 0 spiro atoms. The van der Waals surface area contributed by atoms with Gasteiger partial charge in [-0.1, -0.05) is 0 Å².